The Morgan fingerprint density at radius 1 is 1.53 bits per heavy atom. The molecule has 0 spiro atoms. The molecule has 3 nitrogen and oxygen atoms in total. The second kappa shape index (κ2) is 5.31. The second-order valence-corrected chi connectivity index (χ2v) is 4.48. The predicted octanol–water partition coefficient (Wildman–Crippen LogP) is 2.59. The van der Waals surface area contributed by atoms with Crippen LogP contribution in [0.5, 0.6) is 0 Å². The van der Waals surface area contributed by atoms with Gasteiger partial charge in [0, 0.05) is 7.05 Å². The average Bonchev–Trinajstić information content (AvgIpc) is 2.45. The minimum absolute atomic E-state index is 0.377. The molecule has 1 rings (SSSR count). The van der Waals surface area contributed by atoms with E-state index in [1.807, 2.05) is 20.0 Å². The summed E-state index contributed by atoms with van der Waals surface area (Å²) in [6, 6.07) is 1.96. The van der Waals surface area contributed by atoms with E-state index in [4.69, 9.17) is 0 Å². The lowest BCUT2D eigenvalue weighted by Crippen LogP contribution is -2.09. The number of rotatable bonds is 5. The van der Waals surface area contributed by atoms with Gasteiger partial charge in [0.1, 0.15) is 0 Å². The standard InChI is InChI=1S/C12H22N2O/c1-5-6-9(2)7-12(15)11-8-10(3)13-14(11)4/h8-9,12,15H,5-7H2,1-4H3. The van der Waals surface area contributed by atoms with Crippen LogP contribution in [0.3, 0.4) is 0 Å². The number of aromatic nitrogens is 2. The van der Waals surface area contributed by atoms with Crippen molar-refractivity contribution < 1.29 is 5.11 Å². The van der Waals surface area contributed by atoms with Gasteiger partial charge in [-0.2, -0.15) is 5.10 Å². The van der Waals surface area contributed by atoms with Crippen LogP contribution >= 0.6 is 0 Å². The van der Waals surface area contributed by atoms with Crippen molar-refractivity contribution in [1.29, 1.82) is 0 Å². The molecule has 2 atom stereocenters. The van der Waals surface area contributed by atoms with E-state index in [0.29, 0.717) is 5.92 Å². The number of hydrogen-bond donors (Lipinski definition) is 1. The highest BCUT2D eigenvalue weighted by Crippen LogP contribution is 2.23. The number of nitrogens with zero attached hydrogens (tertiary/aromatic N) is 2. The average molecular weight is 210 g/mol. The summed E-state index contributed by atoms with van der Waals surface area (Å²) in [4.78, 5) is 0. The Kier molecular flexibility index (Phi) is 4.33. The summed E-state index contributed by atoms with van der Waals surface area (Å²) in [6.45, 7) is 6.32. The van der Waals surface area contributed by atoms with E-state index < -0.39 is 0 Å². The first-order valence-corrected chi connectivity index (χ1v) is 5.73. The third-order valence-corrected chi connectivity index (χ3v) is 2.79. The molecule has 15 heavy (non-hydrogen) atoms. The van der Waals surface area contributed by atoms with Crippen molar-refractivity contribution >= 4 is 0 Å². The Balaban J connectivity index is 2.60. The van der Waals surface area contributed by atoms with Gasteiger partial charge in [-0.05, 0) is 25.3 Å². The van der Waals surface area contributed by atoms with E-state index in [-0.39, 0.29) is 6.10 Å². The number of hydrogen-bond acceptors (Lipinski definition) is 2. The summed E-state index contributed by atoms with van der Waals surface area (Å²) in [7, 11) is 1.88. The first-order chi connectivity index (χ1) is 7.04. The van der Waals surface area contributed by atoms with Gasteiger partial charge in [-0.1, -0.05) is 26.7 Å². The Hall–Kier alpha value is -0.830. The summed E-state index contributed by atoms with van der Waals surface area (Å²) in [6.07, 6.45) is 2.80. The molecule has 0 aromatic carbocycles. The molecular weight excluding hydrogens is 188 g/mol. The van der Waals surface area contributed by atoms with E-state index in [1.165, 1.54) is 12.8 Å². The lowest BCUT2D eigenvalue weighted by molar-refractivity contribution is 0.136. The smallest absolute Gasteiger partial charge is 0.0959 e. The summed E-state index contributed by atoms with van der Waals surface area (Å²) in [5.41, 5.74) is 1.89. The van der Waals surface area contributed by atoms with Crippen LogP contribution in [0.2, 0.25) is 0 Å². The van der Waals surface area contributed by atoms with Crippen molar-refractivity contribution in [3.05, 3.63) is 17.5 Å². The highest BCUT2D eigenvalue weighted by molar-refractivity contribution is 5.11. The first-order valence-electron chi connectivity index (χ1n) is 5.73. The van der Waals surface area contributed by atoms with Gasteiger partial charge in [-0.15, -0.1) is 0 Å². The van der Waals surface area contributed by atoms with Crippen LogP contribution in [0.15, 0.2) is 6.07 Å². The zero-order valence-corrected chi connectivity index (χ0v) is 10.2. The normalized spacial score (nSPS) is 15.3. The predicted molar refractivity (Wildman–Crippen MR) is 61.6 cm³/mol. The van der Waals surface area contributed by atoms with Gasteiger partial charge in [-0.25, -0.2) is 0 Å². The zero-order valence-electron chi connectivity index (χ0n) is 10.2. The van der Waals surface area contributed by atoms with Gasteiger partial charge in [0.25, 0.3) is 0 Å². The van der Waals surface area contributed by atoms with Gasteiger partial charge < -0.3 is 5.11 Å². The molecule has 86 valence electrons. The largest absolute Gasteiger partial charge is 0.387 e. The Bertz CT molecular complexity index is 307. The summed E-state index contributed by atoms with van der Waals surface area (Å²) in [5, 5.41) is 14.3. The molecular formula is C12H22N2O. The second-order valence-electron chi connectivity index (χ2n) is 4.48. The molecule has 2 unspecified atom stereocenters. The van der Waals surface area contributed by atoms with Gasteiger partial charge in [-0.3, -0.25) is 4.68 Å². The topological polar surface area (TPSA) is 38.1 Å². The molecule has 0 fully saturated rings. The van der Waals surface area contributed by atoms with E-state index in [9.17, 15) is 5.11 Å². The number of aryl methyl sites for hydroxylation is 2. The van der Waals surface area contributed by atoms with Crippen molar-refractivity contribution in [2.24, 2.45) is 13.0 Å². The Morgan fingerprint density at radius 2 is 2.20 bits per heavy atom. The minimum Gasteiger partial charge on any atom is -0.387 e. The molecule has 0 radical (unpaired) electrons. The fourth-order valence-corrected chi connectivity index (χ4v) is 2.06. The zero-order chi connectivity index (χ0) is 11.4. The van der Waals surface area contributed by atoms with Crippen molar-refractivity contribution in [3.63, 3.8) is 0 Å². The molecule has 3 heteroatoms. The van der Waals surface area contributed by atoms with E-state index in [0.717, 1.165) is 17.8 Å². The van der Waals surface area contributed by atoms with Crippen LogP contribution in [0, 0.1) is 12.8 Å². The van der Waals surface area contributed by atoms with Crippen molar-refractivity contribution in [2.75, 3.05) is 0 Å². The molecule has 0 saturated heterocycles. The summed E-state index contributed by atoms with van der Waals surface area (Å²) in [5.74, 6) is 0.570. The molecule has 0 amide bonds. The van der Waals surface area contributed by atoms with Crippen LogP contribution in [0.1, 0.15) is 50.6 Å². The fraction of sp³-hybridized carbons (Fsp3) is 0.750. The van der Waals surface area contributed by atoms with Gasteiger partial charge >= 0.3 is 0 Å². The minimum atomic E-state index is -0.377. The third kappa shape index (κ3) is 3.34. The van der Waals surface area contributed by atoms with Gasteiger partial charge in [0.2, 0.25) is 0 Å². The highest BCUT2D eigenvalue weighted by Gasteiger charge is 2.15. The number of aliphatic hydroxyl groups excluding tert-OH is 1. The Morgan fingerprint density at radius 3 is 2.67 bits per heavy atom. The quantitative estimate of drug-likeness (QED) is 0.811. The molecule has 1 N–H and O–H groups in total. The SMILES string of the molecule is CCCC(C)CC(O)c1cc(C)nn1C. The first kappa shape index (κ1) is 12.2. The molecule has 0 aliphatic rings. The van der Waals surface area contributed by atoms with Crippen LogP contribution in [0.4, 0.5) is 0 Å². The van der Waals surface area contributed by atoms with Crippen LogP contribution in [-0.2, 0) is 7.05 Å². The maximum Gasteiger partial charge on any atom is 0.0959 e. The monoisotopic (exact) mass is 210 g/mol. The van der Waals surface area contributed by atoms with Crippen LogP contribution in [0.25, 0.3) is 0 Å². The van der Waals surface area contributed by atoms with Crippen LogP contribution < -0.4 is 0 Å². The number of aliphatic hydroxyl groups is 1. The molecule has 0 saturated carbocycles. The molecule has 1 heterocycles. The third-order valence-electron chi connectivity index (χ3n) is 2.79. The van der Waals surface area contributed by atoms with Crippen LogP contribution in [-0.4, -0.2) is 14.9 Å². The maximum absolute atomic E-state index is 10.1. The molecule has 0 aliphatic carbocycles. The van der Waals surface area contributed by atoms with Crippen molar-refractivity contribution in [2.45, 2.75) is 46.1 Å². The molecule has 0 bridgehead atoms. The summed E-state index contributed by atoms with van der Waals surface area (Å²) < 4.78 is 1.78. The van der Waals surface area contributed by atoms with Gasteiger partial charge in [0.05, 0.1) is 17.5 Å². The van der Waals surface area contributed by atoms with Gasteiger partial charge in [0.15, 0.2) is 0 Å². The maximum atomic E-state index is 10.1. The van der Waals surface area contributed by atoms with E-state index >= 15 is 0 Å². The summed E-state index contributed by atoms with van der Waals surface area (Å²) >= 11 is 0. The van der Waals surface area contributed by atoms with Crippen molar-refractivity contribution in [1.82, 2.24) is 9.78 Å². The van der Waals surface area contributed by atoms with E-state index in [2.05, 4.69) is 18.9 Å². The lowest BCUT2D eigenvalue weighted by Gasteiger charge is -2.15. The molecule has 1 aromatic rings. The molecule has 0 aliphatic heterocycles. The fourth-order valence-electron chi connectivity index (χ4n) is 2.06. The highest BCUT2D eigenvalue weighted by atomic mass is 16.3. The van der Waals surface area contributed by atoms with E-state index in [1.54, 1.807) is 4.68 Å². The van der Waals surface area contributed by atoms with Crippen molar-refractivity contribution in [3.8, 4) is 0 Å². The lowest BCUT2D eigenvalue weighted by atomic mass is 9.97. The Labute approximate surface area is 92.1 Å². The molecule has 1 aromatic heterocycles.